The van der Waals surface area contributed by atoms with Gasteiger partial charge in [-0.1, -0.05) is 11.8 Å². The number of hydrogen-bond acceptors (Lipinski definition) is 7. The zero-order valence-electron chi connectivity index (χ0n) is 12.8. The topological polar surface area (TPSA) is 98.5 Å². The Morgan fingerprint density at radius 2 is 2.05 bits per heavy atom. The molecule has 2 aromatic heterocycles. The van der Waals surface area contributed by atoms with Gasteiger partial charge in [-0.2, -0.15) is 4.98 Å². The van der Waals surface area contributed by atoms with E-state index < -0.39 is 5.97 Å². The Labute approximate surface area is 131 Å². The Balaban J connectivity index is 2.23. The molecule has 0 saturated carbocycles. The zero-order valence-corrected chi connectivity index (χ0v) is 13.7. The molecular formula is C13H17N5O3S. The minimum absolute atomic E-state index is 0.0338. The molecule has 0 aliphatic rings. The summed E-state index contributed by atoms with van der Waals surface area (Å²) in [6.45, 7) is 3.37. The highest BCUT2D eigenvalue weighted by molar-refractivity contribution is 7.98. The molecule has 1 amide bonds. The molecule has 1 N–H and O–H groups in total. The Kier molecular flexibility index (Phi) is 4.96. The van der Waals surface area contributed by atoms with Crippen LogP contribution in [0.25, 0.3) is 5.78 Å². The Hall–Kier alpha value is -2.16. The van der Waals surface area contributed by atoms with E-state index in [4.69, 9.17) is 4.74 Å². The maximum atomic E-state index is 11.9. The van der Waals surface area contributed by atoms with Crippen molar-refractivity contribution in [2.75, 3.05) is 19.9 Å². The number of nitrogens with one attached hydrogen (secondary N) is 1. The quantitative estimate of drug-likeness (QED) is 0.624. The Morgan fingerprint density at radius 3 is 2.68 bits per heavy atom. The van der Waals surface area contributed by atoms with Crippen molar-refractivity contribution >= 4 is 29.4 Å². The van der Waals surface area contributed by atoms with Crippen LogP contribution >= 0.6 is 11.8 Å². The lowest BCUT2D eigenvalue weighted by Crippen LogP contribution is -2.25. The van der Waals surface area contributed by atoms with Gasteiger partial charge in [0.2, 0.25) is 5.16 Å². The van der Waals surface area contributed by atoms with Crippen LogP contribution in [0.5, 0.6) is 0 Å². The summed E-state index contributed by atoms with van der Waals surface area (Å²) in [6, 6.07) is 0. The number of aryl methyl sites for hydroxylation is 2. The molecule has 118 valence electrons. The first-order valence-electron chi connectivity index (χ1n) is 6.59. The highest BCUT2D eigenvalue weighted by Crippen LogP contribution is 2.17. The van der Waals surface area contributed by atoms with E-state index in [1.807, 2.05) is 20.1 Å². The minimum atomic E-state index is -0.485. The second-order valence-corrected chi connectivity index (χ2v) is 5.36. The number of esters is 1. The third-order valence-corrected chi connectivity index (χ3v) is 3.71. The lowest BCUT2D eigenvalue weighted by molar-refractivity contribution is -0.147. The molecule has 2 heterocycles. The Morgan fingerprint density at radius 1 is 1.32 bits per heavy atom. The highest BCUT2D eigenvalue weighted by atomic mass is 32.2. The monoisotopic (exact) mass is 323 g/mol. The highest BCUT2D eigenvalue weighted by Gasteiger charge is 2.17. The van der Waals surface area contributed by atoms with E-state index in [-0.39, 0.29) is 18.9 Å². The number of aromatic nitrogens is 4. The van der Waals surface area contributed by atoms with Gasteiger partial charge < -0.3 is 10.1 Å². The van der Waals surface area contributed by atoms with Gasteiger partial charge in [-0.25, -0.2) is 9.50 Å². The maximum absolute atomic E-state index is 11.9. The third kappa shape index (κ3) is 3.35. The number of likely N-dealkylation sites (N-methyl/N-ethyl adjacent to an activating group) is 1. The third-order valence-electron chi connectivity index (χ3n) is 3.18. The van der Waals surface area contributed by atoms with Crippen molar-refractivity contribution in [1.82, 2.24) is 24.9 Å². The predicted molar refractivity (Wildman–Crippen MR) is 80.8 cm³/mol. The van der Waals surface area contributed by atoms with Crippen LogP contribution in [0.1, 0.15) is 17.0 Å². The van der Waals surface area contributed by atoms with Crippen molar-refractivity contribution in [3.8, 4) is 0 Å². The minimum Gasteiger partial charge on any atom is -0.455 e. The van der Waals surface area contributed by atoms with Crippen LogP contribution in [-0.4, -0.2) is 51.4 Å². The summed E-state index contributed by atoms with van der Waals surface area (Å²) < 4.78 is 6.53. The molecule has 9 heteroatoms. The summed E-state index contributed by atoms with van der Waals surface area (Å²) in [4.78, 5) is 31.6. The average molecular weight is 323 g/mol. The lowest BCUT2D eigenvalue weighted by Gasteiger charge is -2.10. The van der Waals surface area contributed by atoms with Crippen molar-refractivity contribution < 1.29 is 14.3 Å². The molecule has 0 aromatic carbocycles. The van der Waals surface area contributed by atoms with Gasteiger partial charge in [0.15, 0.2) is 6.61 Å². The van der Waals surface area contributed by atoms with Gasteiger partial charge in [-0.3, -0.25) is 9.59 Å². The van der Waals surface area contributed by atoms with E-state index in [0.29, 0.717) is 16.6 Å². The molecule has 2 rings (SSSR count). The van der Waals surface area contributed by atoms with E-state index in [9.17, 15) is 9.59 Å². The van der Waals surface area contributed by atoms with Gasteiger partial charge in [0.1, 0.15) is 0 Å². The van der Waals surface area contributed by atoms with E-state index in [2.05, 4.69) is 20.4 Å². The molecule has 2 aromatic rings. The first-order valence-corrected chi connectivity index (χ1v) is 7.81. The standard InChI is InChI=1S/C13H17N5O3S/c1-7-9(5-11(20)21-6-10(19)14-3)8(2)18-12(15-7)16-13(17-18)22-4/h5-6H2,1-4H3,(H,14,19). The summed E-state index contributed by atoms with van der Waals surface area (Å²) in [5.41, 5.74) is 2.21. The number of carbonyl (C=O) groups excluding carboxylic acids is 2. The molecule has 0 radical (unpaired) electrons. The van der Waals surface area contributed by atoms with Crippen molar-refractivity contribution in [2.45, 2.75) is 25.4 Å². The van der Waals surface area contributed by atoms with Crippen LogP contribution in [0.4, 0.5) is 0 Å². The van der Waals surface area contributed by atoms with Crippen molar-refractivity contribution in [3.63, 3.8) is 0 Å². The molecule has 0 aliphatic heterocycles. The van der Waals surface area contributed by atoms with Crippen LogP contribution in [0.2, 0.25) is 0 Å². The molecule has 0 atom stereocenters. The van der Waals surface area contributed by atoms with Crippen LogP contribution in [0.15, 0.2) is 5.16 Å². The number of fused-ring (bicyclic) bond motifs is 1. The fourth-order valence-corrected chi connectivity index (χ4v) is 2.28. The molecule has 0 unspecified atom stereocenters. The van der Waals surface area contributed by atoms with Gasteiger partial charge in [0.25, 0.3) is 11.7 Å². The van der Waals surface area contributed by atoms with Crippen LogP contribution in [0.3, 0.4) is 0 Å². The van der Waals surface area contributed by atoms with Crippen LogP contribution < -0.4 is 5.32 Å². The zero-order chi connectivity index (χ0) is 16.3. The summed E-state index contributed by atoms with van der Waals surface area (Å²) >= 11 is 1.42. The summed E-state index contributed by atoms with van der Waals surface area (Å²) in [7, 11) is 1.48. The largest absolute Gasteiger partial charge is 0.455 e. The second-order valence-electron chi connectivity index (χ2n) is 4.58. The van der Waals surface area contributed by atoms with E-state index in [1.165, 1.54) is 18.8 Å². The number of amides is 1. The van der Waals surface area contributed by atoms with Gasteiger partial charge in [0.05, 0.1) is 6.42 Å². The summed E-state index contributed by atoms with van der Waals surface area (Å²) in [5.74, 6) is -0.334. The number of rotatable bonds is 5. The molecule has 0 saturated heterocycles. The second kappa shape index (κ2) is 6.73. The Bertz CT molecular complexity index is 728. The molecule has 0 spiro atoms. The summed E-state index contributed by atoms with van der Waals surface area (Å²) in [5, 5.41) is 7.32. The first kappa shape index (κ1) is 16.2. The van der Waals surface area contributed by atoms with E-state index in [1.54, 1.807) is 4.52 Å². The SMILES string of the molecule is CNC(=O)COC(=O)Cc1c(C)nc2nc(SC)nn2c1C. The molecule has 22 heavy (non-hydrogen) atoms. The maximum Gasteiger partial charge on any atom is 0.310 e. The van der Waals surface area contributed by atoms with Gasteiger partial charge >= 0.3 is 5.97 Å². The average Bonchev–Trinajstić information content (AvgIpc) is 2.92. The molecular weight excluding hydrogens is 306 g/mol. The van der Waals surface area contributed by atoms with Gasteiger partial charge in [-0.15, -0.1) is 5.10 Å². The smallest absolute Gasteiger partial charge is 0.310 e. The van der Waals surface area contributed by atoms with Gasteiger partial charge in [0, 0.05) is 24.0 Å². The van der Waals surface area contributed by atoms with Crippen LogP contribution in [0, 0.1) is 13.8 Å². The molecule has 0 bridgehead atoms. The predicted octanol–water partition coefficient (Wildman–Crippen LogP) is 0.295. The van der Waals surface area contributed by atoms with E-state index >= 15 is 0 Å². The normalized spacial score (nSPS) is 10.7. The lowest BCUT2D eigenvalue weighted by atomic mass is 10.1. The number of ether oxygens (including phenoxy) is 1. The first-order chi connectivity index (χ1) is 10.5. The van der Waals surface area contributed by atoms with E-state index in [0.717, 1.165) is 11.3 Å². The summed E-state index contributed by atoms with van der Waals surface area (Å²) in [6.07, 6.45) is 1.92. The molecule has 0 fully saturated rings. The van der Waals surface area contributed by atoms with Crippen molar-refractivity contribution in [3.05, 3.63) is 17.0 Å². The molecule has 8 nitrogen and oxygen atoms in total. The number of thioether (sulfide) groups is 1. The van der Waals surface area contributed by atoms with Gasteiger partial charge in [-0.05, 0) is 20.1 Å². The fraction of sp³-hybridized carbons (Fsp3) is 0.462. The van der Waals surface area contributed by atoms with Crippen molar-refractivity contribution in [1.29, 1.82) is 0 Å². The number of carbonyl (C=O) groups is 2. The number of nitrogens with zero attached hydrogens (tertiary/aromatic N) is 4. The molecule has 0 aliphatic carbocycles. The van der Waals surface area contributed by atoms with Crippen molar-refractivity contribution in [2.24, 2.45) is 0 Å². The number of hydrogen-bond donors (Lipinski definition) is 1. The fourth-order valence-electron chi connectivity index (χ4n) is 1.95. The van der Waals surface area contributed by atoms with Crippen LogP contribution in [-0.2, 0) is 20.7 Å².